The number of nitrogens with two attached hydrogens (primary N) is 1. The molecular weight excluding hydrogens is 397 g/mol. The van der Waals surface area contributed by atoms with Gasteiger partial charge in [0.15, 0.2) is 0 Å². The second-order valence-corrected chi connectivity index (χ2v) is 7.37. The van der Waals surface area contributed by atoms with Gasteiger partial charge in [-0.05, 0) is 36.1 Å². The van der Waals surface area contributed by atoms with Crippen LogP contribution < -0.4 is 5.73 Å². The van der Waals surface area contributed by atoms with E-state index in [-0.39, 0.29) is 13.2 Å². The standard InChI is InChI=1S/C21H23F3N4O2/c22-21(23,24)18-7-3-16(4-8-18)11-28-12-19(26-27-28)17-5-1-15(2-6-17)9-10-20(25,13-29)14-30/h1-8,12,29-30H,9-11,13-14,25H2. The minimum Gasteiger partial charge on any atom is -0.394 e. The normalized spacial score (nSPS) is 12.3. The van der Waals surface area contributed by atoms with Crippen LogP contribution in [-0.2, 0) is 19.1 Å². The maximum Gasteiger partial charge on any atom is 0.416 e. The summed E-state index contributed by atoms with van der Waals surface area (Å²) >= 11 is 0. The van der Waals surface area contributed by atoms with Crippen LogP contribution in [0.3, 0.4) is 0 Å². The van der Waals surface area contributed by atoms with Crippen molar-refractivity contribution >= 4 is 0 Å². The summed E-state index contributed by atoms with van der Waals surface area (Å²) in [6.45, 7) is -0.267. The molecule has 4 N–H and O–H groups in total. The van der Waals surface area contributed by atoms with Crippen LogP contribution >= 0.6 is 0 Å². The number of halogens is 3. The Kier molecular flexibility index (Phi) is 6.55. The second kappa shape index (κ2) is 8.95. The largest absolute Gasteiger partial charge is 0.416 e. The molecule has 0 aliphatic heterocycles. The van der Waals surface area contributed by atoms with Crippen LogP contribution in [0.25, 0.3) is 11.3 Å². The van der Waals surface area contributed by atoms with Gasteiger partial charge in [0.1, 0.15) is 5.69 Å². The molecule has 9 heteroatoms. The Morgan fingerprint density at radius 2 is 1.50 bits per heavy atom. The van der Waals surface area contributed by atoms with Gasteiger partial charge in [-0.25, -0.2) is 4.68 Å². The summed E-state index contributed by atoms with van der Waals surface area (Å²) in [5.41, 5.74) is 7.39. The zero-order valence-corrected chi connectivity index (χ0v) is 16.2. The van der Waals surface area contributed by atoms with E-state index in [4.69, 9.17) is 5.73 Å². The van der Waals surface area contributed by atoms with E-state index in [1.54, 1.807) is 10.9 Å². The summed E-state index contributed by atoms with van der Waals surface area (Å²) in [4.78, 5) is 0. The number of hydrogen-bond acceptors (Lipinski definition) is 5. The molecule has 0 atom stereocenters. The maximum absolute atomic E-state index is 12.7. The number of alkyl halides is 3. The zero-order valence-electron chi connectivity index (χ0n) is 16.2. The van der Waals surface area contributed by atoms with E-state index in [0.29, 0.717) is 30.6 Å². The summed E-state index contributed by atoms with van der Waals surface area (Å²) in [7, 11) is 0. The van der Waals surface area contributed by atoms with Crippen molar-refractivity contribution in [3.8, 4) is 11.3 Å². The number of benzene rings is 2. The molecule has 0 bridgehead atoms. The minimum absolute atomic E-state index is 0.288. The Hall–Kier alpha value is -2.75. The fourth-order valence-corrected chi connectivity index (χ4v) is 2.94. The molecule has 3 aromatic rings. The Morgan fingerprint density at radius 1 is 0.900 bits per heavy atom. The molecule has 160 valence electrons. The van der Waals surface area contributed by atoms with Gasteiger partial charge in [0, 0.05) is 5.56 Å². The van der Waals surface area contributed by atoms with E-state index < -0.39 is 17.3 Å². The molecule has 0 aliphatic rings. The van der Waals surface area contributed by atoms with Crippen LogP contribution in [0.1, 0.15) is 23.1 Å². The van der Waals surface area contributed by atoms with Crippen LogP contribution in [0.5, 0.6) is 0 Å². The van der Waals surface area contributed by atoms with Crippen molar-refractivity contribution in [2.45, 2.75) is 31.1 Å². The van der Waals surface area contributed by atoms with Gasteiger partial charge >= 0.3 is 6.18 Å². The fraction of sp³-hybridized carbons (Fsp3) is 0.333. The van der Waals surface area contributed by atoms with E-state index in [1.165, 1.54) is 12.1 Å². The molecule has 0 saturated carbocycles. The highest BCUT2D eigenvalue weighted by Crippen LogP contribution is 2.29. The third-order valence-corrected chi connectivity index (χ3v) is 4.96. The smallest absolute Gasteiger partial charge is 0.394 e. The molecule has 0 amide bonds. The van der Waals surface area contributed by atoms with Crippen LogP contribution in [-0.4, -0.2) is 44.0 Å². The Labute approximate surface area is 171 Å². The molecule has 2 aromatic carbocycles. The SMILES string of the molecule is NC(CO)(CO)CCc1ccc(-c2cn(Cc3ccc(C(F)(F)F)cc3)nn2)cc1. The summed E-state index contributed by atoms with van der Waals surface area (Å²) in [5.74, 6) is 0. The number of aliphatic hydroxyl groups excluding tert-OH is 2. The first-order chi connectivity index (χ1) is 14.2. The number of aromatic nitrogens is 3. The van der Waals surface area contributed by atoms with Gasteiger partial charge in [0.05, 0.1) is 37.1 Å². The minimum atomic E-state index is -4.35. The van der Waals surface area contributed by atoms with Crippen molar-refractivity contribution in [3.63, 3.8) is 0 Å². The van der Waals surface area contributed by atoms with Gasteiger partial charge in [-0.15, -0.1) is 5.10 Å². The van der Waals surface area contributed by atoms with Crippen molar-refractivity contribution in [2.75, 3.05) is 13.2 Å². The first-order valence-electron chi connectivity index (χ1n) is 9.39. The Balaban J connectivity index is 1.63. The average molecular weight is 420 g/mol. The molecule has 6 nitrogen and oxygen atoms in total. The molecule has 0 aliphatic carbocycles. The zero-order chi connectivity index (χ0) is 21.8. The van der Waals surface area contributed by atoms with Crippen LogP contribution in [0, 0.1) is 0 Å². The highest BCUT2D eigenvalue weighted by molar-refractivity contribution is 5.58. The van der Waals surface area contributed by atoms with Crippen molar-refractivity contribution in [2.24, 2.45) is 5.73 Å². The highest BCUT2D eigenvalue weighted by atomic mass is 19.4. The van der Waals surface area contributed by atoms with Crippen LogP contribution in [0.15, 0.2) is 54.7 Å². The van der Waals surface area contributed by atoms with Crippen molar-refractivity contribution in [1.29, 1.82) is 0 Å². The molecule has 0 spiro atoms. The molecule has 1 heterocycles. The first-order valence-corrected chi connectivity index (χ1v) is 9.39. The summed E-state index contributed by atoms with van der Waals surface area (Å²) < 4.78 is 39.5. The fourth-order valence-electron chi connectivity index (χ4n) is 2.94. The number of rotatable bonds is 8. The van der Waals surface area contributed by atoms with Crippen molar-refractivity contribution in [1.82, 2.24) is 15.0 Å². The first kappa shape index (κ1) is 21.9. The van der Waals surface area contributed by atoms with Gasteiger partial charge in [0.2, 0.25) is 0 Å². The van der Waals surface area contributed by atoms with E-state index in [1.807, 2.05) is 24.3 Å². The molecule has 0 radical (unpaired) electrons. The second-order valence-electron chi connectivity index (χ2n) is 7.37. The third kappa shape index (κ3) is 5.44. The lowest BCUT2D eigenvalue weighted by molar-refractivity contribution is -0.137. The number of hydrogen-bond donors (Lipinski definition) is 3. The van der Waals surface area contributed by atoms with Crippen LogP contribution in [0.4, 0.5) is 13.2 Å². The number of aryl methyl sites for hydroxylation is 1. The van der Waals surface area contributed by atoms with Crippen molar-refractivity contribution in [3.05, 3.63) is 71.4 Å². The van der Waals surface area contributed by atoms with Gasteiger partial charge < -0.3 is 15.9 Å². The lowest BCUT2D eigenvalue weighted by atomic mass is 9.93. The number of nitrogens with zero attached hydrogens (tertiary/aromatic N) is 3. The Morgan fingerprint density at radius 3 is 2.07 bits per heavy atom. The van der Waals surface area contributed by atoms with Gasteiger partial charge in [0.25, 0.3) is 0 Å². The molecule has 30 heavy (non-hydrogen) atoms. The predicted molar refractivity (Wildman–Crippen MR) is 105 cm³/mol. The summed E-state index contributed by atoms with van der Waals surface area (Å²) in [6, 6.07) is 12.6. The summed E-state index contributed by atoms with van der Waals surface area (Å²) in [6.07, 6.45) is -1.57. The molecular formula is C21H23F3N4O2. The lowest BCUT2D eigenvalue weighted by Crippen LogP contribution is -2.47. The predicted octanol–water partition coefficient (Wildman–Crippen LogP) is 2.63. The number of aliphatic hydroxyl groups is 2. The van der Waals surface area contributed by atoms with Gasteiger partial charge in [-0.2, -0.15) is 13.2 Å². The lowest BCUT2D eigenvalue weighted by Gasteiger charge is -2.24. The molecule has 0 unspecified atom stereocenters. The molecule has 0 fully saturated rings. The average Bonchev–Trinajstić information content (AvgIpc) is 3.20. The summed E-state index contributed by atoms with van der Waals surface area (Å²) in [5, 5.41) is 26.7. The van der Waals surface area contributed by atoms with E-state index >= 15 is 0 Å². The van der Waals surface area contributed by atoms with E-state index in [0.717, 1.165) is 23.3 Å². The van der Waals surface area contributed by atoms with E-state index in [2.05, 4.69) is 10.3 Å². The molecule has 1 aromatic heterocycles. The van der Waals surface area contributed by atoms with Crippen LogP contribution in [0.2, 0.25) is 0 Å². The topological polar surface area (TPSA) is 97.2 Å². The third-order valence-electron chi connectivity index (χ3n) is 4.96. The van der Waals surface area contributed by atoms with Gasteiger partial charge in [-0.3, -0.25) is 0 Å². The van der Waals surface area contributed by atoms with E-state index in [9.17, 15) is 23.4 Å². The molecule has 0 saturated heterocycles. The quantitative estimate of drug-likeness (QED) is 0.521. The van der Waals surface area contributed by atoms with Gasteiger partial charge in [-0.1, -0.05) is 41.6 Å². The molecule has 3 rings (SSSR count). The highest BCUT2D eigenvalue weighted by Gasteiger charge is 2.29. The van der Waals surface area contributed by atoms with Crippen molar-refractivity contribution < 1.29 is 23.4 Å². The Bertz CT molecular complexity index is 950. The monoisotopic (exact) mass is 420 g/mol. The maximum atomic E-state index is 12.7.